The lowest BCUT2D eigenvalue weighted by Gasteiger charge is -2.31. The molecule has 2 saturated heterocycles. The first-order chi connectivity index (χ1) is 26.8. The standard InChI is InChI=1S/C44H53N7O5/c1-24(2)38(49-42(53)55-7)41(52)50-23-25(3)17-36(50)39-45-22-34(48-39)30-14-13-26-18-27(11-12-28(26)19-30)29-15-16-32-33(20-29)47-40(46-32)37-21-31-9-8-10-35(31)51(37)43(54)56-44(4,5)6/h11-16,18-20,22,24-25,31,35-38H,8-10,17,21,23H2,1-7H3,(H,45,48)(H,46,47)(H,49,53)/t25-,31-,35-,36?,37?,38?/m0/s1. The Morgan fingerprint density at radius 1 is 0.893 bits per heavy atom. The molecule has 6 atom stereocenters. The summed E-state index contributed by atoms with van der Waals surface area (Å²) in [5.41, 5.74) is 5.30. The van der Waals surface area contributed by atoms with Crippen molar-refractivity contribution in [2.75, 3.05) is 13.7 Å². The number of hydrogen-bond donors (Lipinski definition) is 3. The number of likely N-dealkylation sites (tertiary alicyclic amines) is 2. The third kappa shape index (κ3) is 7.21. The van der Waals surface area contributed by atoms with Crippen molar-refractivity contribution in [3.05, 3.63) is 72.4 Å². The van der Waals surface area contributed by atoms with E-state index in [0.717, 1.165) is 87.9 Å². The first kappa shape index (κ1) is 37.5. The molecular formula is C44H53N7O5. The van der Waals surface area contributed by atoms with E-state index in [1.807, 2.05) is 50.6 Å². The van der Waals surface area contributed by atoms with Crippen LogP contribution in [-0.2, 0) is 14.3 Å². The molecule has 0 radical (unpaired) electrons. The van der Waals surface area contributed by atoms with Crippen molar-refractivity contribution in [3.63, 3.8) is 0 Å². The van der Waals surface area contributed by atoms with E-state index in [1.54, 1.807) is 0 Å². The molecule has 0 spiro atoms. The Morgan fingerprint density at radius 2 is 1.61 bits per heavy atom. The molecule has 0 bridgehead atoms. The largest absolute Gasteiger partial charge is 0.453 e. The van der Waals surface area contributed by atoms with Crippen LogP contribution in [0.4, 0.5) is 9.59 Å². The molecule has 12 nitrogen and oxygen atoms in total. The predicted octanol–water partition coefficient (Wildman–Crippen LogP) is 8.91. The fourth-order valence-corrected chi connectivity index (χ4v) is 9.15. The number of nitrogens with zero attached hydrogens (tertiary/aromatic N) is 4. The second kappa shape index (κ2) is 14.6. The van der Waals surface area contributed by atoms with Gasteiger partial charge in [0.25, 0.3) is 0 Å². The second-order valence-electron chi connectivity index (χ2n) is 17.4. The van der Waals surface area contributed by atoms with E-state index in [1.165, 1.54) is 7.11 Å². The Bertz CT molecular complexity index is 2290. The molecule has 56 heavy (non-hydrogen) atoms. The molecule has 2 aliphatic heterocycles. The summed E-state index contributed by atoms with van der Waals surface area (Å²) < 4.78 is 10.7. The van der Waals surface area contributed by atoms with Crippen molar-refractivity contribution in [2.45, 2.75) is 103 Å². The number of carbonyl (C=O) groups is 3. The van der Waals surface area contributed by atoms with Gasteiger partial charge in [0.2, 0.25) is 5.91 Å². The van der Waals surface area contributed by atoms with Gasteiger partial charge in [0, 0.05) is 18.2 Å². The van der Waals surface area contributed by atoms with Gasteiger partial charge in [0.15, 0.2) is 0 Å². The molecule has 3 aromatic carbocycles. The third-order valence-corrected chi connectivity index (χ3v) is 11.8. The van der Waals surface area contributed by atoms with Crippen molar-refractivity contribution in [2.24, 2.45) is 17.8 Å². The summed E-state index contributed by atoms with van der Waals surface area (Å²) >= 11 is 0. The van der Waals surface area contributed by atoms with Gasteiger partial charge >= 0.3 is 12.2 Å². The van der Waals surface area contributed by atoms with E-state index < -0.39 is 17.7 Å². The Labute approximate surface area is 327 Å². The summed E-state index contributed by atoms with van der Waals surface area (Å²) in [6, 6.07) is 18.3. The average Bonchev–Trinajstić information content (AvgIpc) is 3.99. The maximum Gasteiger partial charge on any atom is 0.411 e. The van der Waals surface area contributed by atoms with E-state index in [-0.39, 0.29) is 42.0 Å². The van der Waals surface area contributed by atoms with Gasteiger partial charge in [-0.3, -0.25) is 9.69 Å². The Balaban J connectivity index is 1.01. The number of carbonyl (C=O) groups excluding carboxylic acids is 3. The number of imidazole rings is 2. The lowest BCUT2D eigenvalue weighted by Crippen LogP contribution is -2.51. The molecule has 294 valence electrons. The highest BCUT2D eigenvalue weighted by atomic mass is 16.6. The fourth-order valence-electron chi connectivity index (χ4n) is 9.15. The van der Waals surface area contributed by atoms with Gasteiger partial charge in [0.1, 0.15) is 23.3 Å². The van der Waals surface area contributed by atoms with Gasteiger partial charge in [-0.2, -0.15) is 0 Å². The van der Waals surface area contributed by atoms with E-state index in [9.17, 15) is 14.4 Å². The van der Waals surface area contributed by atoms with Crippen LogP contribution in [0, 0.1) is 17.8 Å². The van der Waals surface area contributed by atoms with Crippen LogP contribution in [0.2, 0.25) is 0 Å². The highest BCUT2D eigenvalue weighted by Crippen LogP contribution is 2.48. The topological polar surface area (TPSA) is 146 Å². The molecule has 3 unspecified atom stereocenters. The lowest BCUT2D eigenvalue weighted by atomic mass is 9.99. The number of rotatable bonds is 7. The fraction of sp³-hybridized carbons (Fsp3) is 0.477. The maximum atomic E-state index is 13.7. The van der Waals surface area contributed by atoms with Crippen LogP contribution in [0.3, 0.4) is 0 Å². The molecule has 1 saturated carbocycles. The van der Waals surface area contributed by atoms with Crippen molar-refractivity contribution in [1.29, 1.82) is 0 Å². The van der Waals surface area contributed by atoms with Gasteiger partial charge < -0.3 is 29.7 Å². The summed E-state index contributed by atoms with van der Waals surface area (Å²) in [4.78, 5) is 59.9. The van der Waals surface area contributed by atoms with E-state index in [2.05, 4.69) is 76.8 Å². The van der Waals surface area contributed by atoms with Crippen molar-refractivity contribution < 1.29 is 23.9 Å². The van der Waals surface area contributed by atoms with Crippen LogP contribution in [0.15, 0.2) is 60.8 Å². The van der Waals surface area contributed by atoms with Gasteiger partial charge in [-0.15, -0.1) is 0 Å². The summed E-state index contributed by atoms with van der Waals surface area (Å²) in [6.07, 6.45) is 5.93. The Hall–Kier alpha value is -5.39. The number of aromatic amines is 2. The highest BCUT2D eigenvalue weighted by Gasteiger charge is 2.49. The van der Waals surface area contributed by atoms with Crippen LogP contribution in [-0.4, -0.2) is 79.2 Å². The van der Waals surface area contributed by atoms with Crippen LogP contribution in [0.5, 0.6) is 0 Å². The molecular weight excluding hydrogens is 707 g/mol. The Kier molecular flexibility index (Phi) is 9.78. The van der Waals surface area contributed by atoms with Crippen LogP contribution >= 0.6 is 0 Å². The summed E-state index contributed by atoms with van der Waals surface area (Å²) in [6.45, 7) is 12.3. The quantitative estimate of drug-likeness (QED) is 0.150. The normalized spacial score (nSPS) is 22.9. The van der Waals surface area contributed by atoms with Gasteiger partial charge in [-0.1, -0.05) is 57.5 Å². The van der Waals surface area contributed by atoms with Gasteiger partial charge in [-0.25, -0.2) is 19.6 Å². The van der Waals surface area contributed by atoms with Crippen LogP contribution < -0.4 is 5.32 Å². The van der Waals surface area contributed by atoms with Gasteiger partial charge in [0.05, 0.1) is 42.1 Å². The molecule has 4 heterocycles. The number of H-pyrrole nitrogens is 2. The summed E-state index contributed by atoms with van der Waals surface area (Å²) in [5.74, 6) is 2.08. The molecule has 3 amide bonds. The number of nitrogens with one attached hydrogen (secondary N) is 3. The SMILES string of the molecule is COC(=O)NC(C(=O)N1C[C@@H](C)CC1c1ncc(-c2ccc3cc(-c4ccc5[nH]c(C6C[C@@H]7CCC[C@@H]7N6C(=O)OC(C)(C)C)nc5c4)ccc3c2)[nH]1)C(C)C. The zero-order valence-electron chi connectivity index (χ0n) is 33.4. The number of fused-ring (bicyclic) bond motifs is 3. The molecule has 8 rings (SSSR count). The number of ether oxygens (including phenoxy) is 2. The summed E-state index contributed by atoms with van der Waals surface area (Å²) in [7, 11) is 1.30. The van der Waals surface area contributed by atoms with Crippen molar-refractivity contribution >= 4 is 39.9 Å². The van der Waals surface area contributed by atoms with E-state index >= 15 is 0 Å². The summed E-state index contributed by atoms with van der Waals surface area (Å²) in [5, 5.41) is 4.93. The minimum absolute atomic E-state index is 0.107. The first-order valence-corrected chi connectivity index (χ1v) is 20.0. The van der Waals surface area contributed by atoms with E-state index in [4.69, 9.17) is 19.4 Å². The lowest BCUT2D eigenvalue weighted by molar-refractivity contribution is -0.135. The Morgan fingerprint density at radius 3 is 2.34 bits per heavy atom. The maximum absolute atomic E-state index is 13.7. The van der Waals surface area contributed by atoms with Crippen LogP contribution in [0.25, 0.3) is 44.2 Å². The number of aromatic nitrogens is 4. The average molecular weight is 760 g/mol. The first-order valence-electron chi connectivity index (χ1n) is 20.0. The highest BCUT2D eigenvalue weighted by molar-refractivity contribution is 5.92. The third-order valence-electron chi connectivity index (χ3n) is 11.8. The minimum atomic E-state index is -0.692. The smallest absolute Gasteiger partial charge is 0.411 e. The molecule has 3 fully saturated rings. The van der Waals surface area contributed by atoms with E-state index in [0.29, 0.717) is 12.5 Å². The number of hydrogen-bond acceptors (Lipinski definition) is 7. The van der Waals surface area contributed by atoms with Gasteiger partial charge in [-0.05, 0) is 110 Å². The van der Waals surface area contributed by atoms with Crippen molar-refractivity contribution in [3.8, 4) is 22.4 Å². The predicted molar refractivity (Wildman–Crippen MR) is 216 cm³/mol. The number of amides is 3. The second-order valence-corrected chi connectivity index (χ2v) is 17.4. The molecule has 12 heteroatoms. The zero-order valence-corrected chi connectivity index (χ0v) is 33.4. The van der Waals surface area contributed by atoms with Crippen molar-refractivity contribution in [1.82, 2.24) is 35.1 Å². The number of benzene rings is 3. The molecule has 3 N–H and O–H groups in total. The number of methoxy groups -OCH3 is 1. The molecule has 1 aliphatic carbocycles. The monoisotopic (exact) mass is 759 g/mol. The van der Waals surface area contributed by atoms with Crippen LogP contribution in [0.1, 0.15) is 97.4 Å². The molecule has 2 aromatic heterocycles. The molecule has 5 aromatic rings. The minimum Gasteiger partial charge on any atom is -0.453 e. The number of alkyl carbamates (subject to hydrolysis) is 1. The zero-order chi connectivity index (χ0) is 39.5. The molecule has 3 aliphatic rings.